The molecule has 1 aromatic carbocycles. The van der Waals surface area contributed by atoms with Crippen molar-refractivity contribution in [2.45, 2.75) is 13.5 Å². The molecule has 3 rings (SSSR count). The Morgan fingerprint density at radius 1 is 1.33 bits per heavy atom. The molecule has 2 heterocycles. The first-order valence-electron chi connectivity index (χ1n) is 6.41. The Balaban J connectivity index is 1.83. The monoisotopic (exact) mass is 303 g/mol. The molecule has 0 saturated carbocycles. The molecule has 3 aromatic rings. The van der Waals surface area contributed by atoms with Crippen molar-refractivity contribution in [1.29, 1.82) is 0 Å². The summed E-state index contributed by atoms with van der Waals surface area (Å²) in [7, 11) is 1.60. The maximum Gasteiger partial charge on any atom is 0.200 e. The third kappa shape index (κ3) is 2.75. The zero-order chi connectivity index (χ0) is 14.8. The van der Waals surface area contributed by atoms with E-state index in [2.05, 4.69) is 20.6 Å². The van der Waals surface area contributed by atoms with Crippen LogP contribution in [-0.4, -0.2) is 26.9 Å². The van der Waals surface area contributed by atoms with Crippen LogP contribution in [0.5, 0.6) is 5.75 Å². The molecule has 0 radical (unpaired) electrons. The maximum atomic E-state index is 6.12. The van der Waals surface area contributed by atoms with Crippen molar-refractivity contribution in [2.75, 3.05) is 12.4 Å². The van der Waals surface area contributed by atoms with Gasteiger partial charge in [-0.3, -0.25) is 0 Å². The Morgan fingerprint density at radius 2 is 2.19 bits per heavy atom. The lowest BCUT2D eigenvalue weighted by molar-refractivity contribution is 0.415. The number of hydrogen-bond acceptors (Lipinski definition) is 5. The molecule has 2 aromatic heterocycles. The van der Waals surface area contributed by atoms with Gasteiger partial charge in [-0.1, -0.05) is 17.7 Å². The standard InChI is InChI=1S/C14H14ClN5O/c1-9-5-12(14-18-17-8-20(14)19-9)16-7-10-3-4-13(21-2)11(15)6-10/h3-6,8,16H,7H2,1-2H3. The van der Waals surface area contributed by atoms with E-state index in [9.17, 15) is 0 Å². The average molecular weight is 304 g/mol. The molecule has 0 amide bonds. The molecular weight excluding hydrogens is 290 g/mol. The molecule has 0 aliphatic carbocycles. The Labute approximate surface area is 126 Å². The summed E-state index contributed by atoms with van der Waals surface area (Å²) < 4.78 is 6.79. The van der Waals surface area contributed by atoms with E-state index in [1.54, 1.807) is 18.0 Å². The minimum Gasteiger partial charge on any atom is -0.495 e. The molecule has 0 fully saturated rings. The van der Waals surface area contributed by atoms with Gasteiger partial charge >= 0.3 is 0 Å². The van der Waals surface area contributed by atoms with Crippen molar-refractivity contribution in [3.63, 3.8) is 0 Å². The number of anilines is 1. The van der Waals surface area contributed by atoms with E-state index < -0.39 is 0 Å². The number of benzene rings is 1. The minimum absolute atomic E-state index is 0.593. The first-order valence-corrected chi connectivity index (χ1v) is 6.79. The molecule has 21 heavy (non-hydrogen) atoms. The molecule has 0 atom stereocenters. The van der Waals surface area contributed by atoms with Crippen LogP contribution in [0.15, 0.2) is 30.6 Å². The lowest BCUT2D eigenvalue weighted by Crippen LogP contribution is -2.04. The normalized spacial score (nSPS) is 10.8. The summed E-state index contributed by atoms with van der Waals surface area (Å²) in [4.78, 5) is 0. The molecule has 6 nitrogen and oxygen atoms in total. The number of methoxy groups -OCH3 is 1. The lowest BCUT2D eigenvalue weighted by atomic mass is 10.2. The number of nitrogens with zero attached hydrogens (tertiary/aromatic N) is 4. The third-order valence-corrected chi connectivity index (χ3v) is 3.38. The number of ether oxygens (including phenoxy) is 1. The van der Waals surface area contributed by atoms with Gasteiger partial charge in [0.15, 0.2) is 0 Å². The minimum atomic E-state index is 0.593. The highest BCUT2D eigenvalue weighted by Gasteiger charge is 2.07. The van der Waals surface area contributed by atoms with Crippen LogP contribution in [0.3, 0.4) is 0 Å². The van der Waals surface area contributed by atoms with Gasteiger partial charge in [-0.05, 0) is 30.7 Å². The number of hydrogen-bond donors (Lipinski definition) is 1. The van der Waals surface area contributed by atoms with Crippen LogP contribution in [0.1, 0.15) is 11.3 Å². The quantitative estimate of drug-likeness (QED) is 0.803. The summed E-state index contributed by atoms with van der Waals surface area (Å²) in [6.45, 7) is 2.55. The molecule has 0 aliphatic rings. The van der Waals surface area contributed by atoms with Crippen molar-refractivity contribution in [3.8, 4) is 5.75 Å². The molecule has 7 heteroatoms. The molecule has 0 unspecified atom stereocenters. The van der Waals surface area contributed by atoms with E-state index >= 15 is 0 Å². The second kappa shape index (κ2) is 5.57. The SMILES string of the molecule is COc1ccc(CNc2cc(C)nn3cnnc23)cc1Cl. The van der Waals surface area contributed by atoms with Crippen LogP contribution in [0.2, 0.25) is 5.02 Å². The maximum absolute atomic E-state index is 6.12. The second-order valence-corrected chi connectivity index (χ2v) is 5.03. The molecule has 0 spiro atoms. The Hall–Kier alpha value is -2.34. The van der Waals surface area contributed by atoms with Crippen molar-refractivity contribution < 1.29 is 4.74 Å². The summed E-state index contributed by atoms with van der Waals surface area (Å²) in [5, 5.41) is 16.2. The molecule has 108 valence electrons. The van der Waals surface area contributed by atoms with E-state index in [1.165, 1.54) is 0 Å². The van der Waals surface area contributed by atoms with E-state index in [0.29, 0.717) is 23.0 Å². The summed E-state index contributed by atoms with van der Waals surface area (Å²) in [5.41, 5.74) is 3.51. The van der Waals surface area contributed by atoms with Crippen LogP contribution in [0, 0.1) is 6.92 Å². The van der Waals surface area contributed by atoms with Crippen molar-refractivity contribution >= 4 is 22.9 Å². The van der Waals surface area contributed by atoms with Crippen LogP contribution in [0.25, 0.3) is 5.65 Å². The third-order valence-electron chi connectivity index (χ3n) is 3.09. The Bertz CT molecular complexity index is 786. The van der Waals surface area contributed by atoms with Gasteiger partial charge in [-0.15, -0.1) is 10.2 Å². The number of aryl methyl sites for hydroxylation is 1. The molecule has 0 saturated heterocycles. The van der Waals surface area contributed by atoms with E-state index in [-0.39, 0.29) is 0 Å². The average Bonchev–Trinajstić information content (AvgIpc) is 2.93. The lowest BCUT2D eigenvalue weighted by Gasteiger charge is -2.09. The largest absolute Gasteiger partial charge is 0.495 e. The highest BCUT2D eigenvalue weighted by molar-refractivity contribution is 6.32. The fourth-order valence-corrected chi connectivity index (χ4v) is 2.38. The summed E-state index contributed by atoms with van der Waals surface area (Å²) in [6.07, 6.45) is 1.58. The number of aromatic nitrogens is 4. The van der Waals surface area contributed by atoms with Crippen molar-refractivity contribution in [1.82, 2.24) is 19.8 Å². The number of nitrogens with one attached hydrogen (secondary N) is 1. The number of rotatable bonds is 4. The van der Waals surface area contributed by atoms with Gasteiger partial charge in [0.25, 0.3) is 0 Å². The molecule has 0 bridgehead atoms. The molecule has 1 N–H and O–H groups in total. The fourth-order valence-electron chi connectivity index (χ4n) is 2.10. The second-order valence-electron chi connectivity index (χ2n) is 4.62. The highest BCUT2D eigenvalue weighted by atomic mass is 35.5. The Morgan fingerprint density at radius 3 is 2.95 bits per heavy atom. The van der Waals surface area contributed by atoms with Gasteiger partial charge in [0, 0.05) is 6.54 Å². The number of halogens is 1. The number of fused-ring (bicyclic) bond motifs is 1. The van der Waals surface area contributed by atoms with Crippen LogP contribution < -0.4 is 10.1 Å². The first-order chi connectivity index (χ1) is 10.2. The van der Waals surface area contributed by atoms with E-state index in [4.69, 9.17) is 16.3 Å². The van der Waals surface area contributed by atoms with Crippen LogP contribution in [-0.2, 0) is 6.54 Å². The van der Waals surface area contributed by atoms with E-state index in [1.807, 2.05) is 31.2 Å². The predicted molar refractivity (Wildman–Crippen MR) is 80.8 cm³/mol. The van der Waals surface area contributed by atoms with Gasteiger partial charge < -0.3 is 10.1 Å². The van der Waals surface area contributed by atoms with Gasteiger partial charge in [-0.2, -0.15) is 9.61 Å². The molecule has 0 aliphatic heterocycles. The van der Waals surface area contributed by atoms with Gasteiger partial charge in [0.1, 0.15) is 12.1 Å². The van der Waals surface area contributed by atoms with Crippen molar-refractivity contribution in [2.24, 2.45) is 0 Å². The molecular formula is C14H14ClN5O. The predicted octanol–water partition coefficient (Wildman–Crippen LogP) is 2.71. The summed E-state index contributed by atoms with van der Waals surface area (Å²) >= 11 is 6.12. The Kier molecular flexibility index (Phi) is 3.62. The highest BCUT2D eigenvalue weighted by Crippen LogP contribution is 2.25. The zero-order valence-electron chi connectivity index (χ0n) is 11.7. The van der Waals surface area contributed by atoms with Crippen LogP contribution in [0.4, 0.5) is 5.69 Å². The van der Waals surface area contributed by atoms with E-state index in [0.717, 1.165) is 16.9 Å². The van der Waals surface area contributed by atoms with Crippen LogP contribution >= 0.6 is 11.6 Å². The fraction of sp³-hybridized carbons (Fsp3) is 0.214. The zero-order valence-corrected chi connectivity index (χ0v) is 12.4. The van der Waals surface area contributed by atoms with Gasteiger partial charge in [0.05, 0.1) is 23.5 Å². The topological polar surface area (TPSA) is 64.3 Å². The first kappa shape index (κ1) is 13.6. The summed E-state index contributed by atoms with van der Waals surface area (Å²) in [5.74, 6) is 0.667. The van der Waals surface area contributed by atoms with Gasteiger partial charge in [-0.25, -0.2) is 0 Å². The van der Waals surface area contributed by atoms with Gasteiger partial charge in [0.2, 0.25) is 5.65 Å². The van der Waals surface area contributed by atoms with Crippen molar-refractivity contribution in [3.05, 3.63) is 46.9 Å². The summed E-state index contributed by atoms with van der Waals surface area (Å²) in [6, 6.07) is 7.63. The smallest absolute Gasteiger partial charge is 0.200 e.